The van der Waals surface area contributed by atoms with E-state index in [2.05, 4.69) is 4.52 Å². The Morgan fingerprint density at radius 2 is 1.89 bits per heavy atom. The zero-order valence-corrected chi connectivity index (χ0v) is 6.73. The molecular formula is C5H13O3P. The molecule has 0 saturated heterocycles. The van der Waals surface area contributed by atoms with Gasteiger partial charge in [-0.2, -0.15) is 0 Å². The number of aliphatic hydroxyl groups is 1. The fraction of sp³-hybridized carbons (Fsp3) is 1.00. The lowest BCUT2D eigenvalue weighted by molar-refractivity contribution is 0.102. The topological polar surface area (TPSA) is 46.5 Å². The van der Waals surface area contributed by atoms with E-state index in [4.69, 9.17) is 5.11 Å². The van der Waals surface area contributed by atoms with Gasteiger partial charge < -0.3 is 9.63 Å². The van der Waals surface area contributed by atoms with Gasteiger partial charge in [0.25, 0.3) is 0 Å². The van der Waals surface area contributed by atoms with Gasteiger partial charge in [-0.05, 0) is 0 Å². The second-order valence-corrected chi connectivity index (χ2v) is 4.86. The van der Waals surface area contributed by atoms with Crippen LogP contribution in [0.15, 0.2) is 0 Å². The van der Waals surface area contributed by atoms with E-state index in [1.807, 2.05) is 0 Å². The molecule has 4 heteroatoms. The van der Waals surface area contributed by atoms with E-state index in [-0.39, 0.29) is 0 Å². The Balaban J connectivity index is 3.78. The fourth-order valence-corrected chi connectivity index (χ4v) is 1.53. The second-order valence-electron chi connectivity index (χ2n) is 1.71. The molecule has 0 fully saturated rings. The lowest BCUT2D eigenvalue weighted by Crippen LogP contribution is -1.96. The Labute approximate surface area is 55.5 Å². The monoisotopic (exact) mass is 152 g/mol. The maximum absolute atomic E-state index is 11.2. The molecule has 0 spiro atoms. The van der Waals surface area contributed by atoms with Crippen LogP contribution in [-0.4, -0.2) is 24.2 Å². The Morgan fingerprint density at radius 3 is 2.00 bits per heavy atom. The molecule has 0 aromatic heterocycles. The van der Waals surface area contributed by atoms with Gasteiger partial charge in [-0.15, -0.1) is 0 Å². The van der Waals surface area contributed by atoms with Crippen molar-refractivity contribution >= 4 is 7.37 Å². The van der Waals surface area contributed by atoms with Crippen LogP contribution in [0, 0.1) is 0 Å². The zero-order chi connectivity index (χ0) is 7.33. The average molecular weight is 152 g/mol. The first-order valence-electron chi connectivity index (χ1n) is 3.02. The summed E-state index contributed by atoms with van der Waals surface area (Å²) < 4.78 is 15.8. The van der Waals surface area contributed by atoms with Crippen LogP contribution in [0.25, 0.3) is 0 Å². The van der Waals surface area contributed by atoms with Crippen molar-refractivity contribution in [1.82, 2.24) is 0 Å². The molecule has 56 valence electrons. The van der Waals surface area contributed by atoms with Crippen LogP contribution in [-0.2, 0) is 9.09 Å². The largest absolute Gasteiger partial charge is 0.370 e. The molecule has 0 radical (unpaired) electrons. The summed E-state index contributed by atoms with van der Waals surface area (Å²) in [7, 11) is -2.43. The molecule has 0 amide bonds. The van der Waals surface area contributed by atoms with Crippen molar-refractivity contribution in [2.24, 2.45) is 0 Å². The average Bonchev–Trinajstić information content (AvgIpc) is 1.89. The van der Waals surface area contributed by atoms with Crippen LogP contribution in [0.2, 0.25) is 0 Å². The highest BCUT2D eigenvalue weighted by molar-refractivity contribution is 7.58. The van der Waals surface area contributed by atoms with Crippen molar-refractivity contribution in [2.75, 3.05) is 19.1 Å². The smallest absolute Gasteiger partial charge is 0.204 e. The van der Waals surface area contributed by atoms with Crippen LogP contribution in [0.1, 0.15) is 13.8 Å². The summed E-state index contributed by atoms with van der Waals surface area (Å²) in [6, 6.07) is 0. The Morgan fingerprint density at radius 1 is 1.44 bits per heavy atom. The maximum Gasteiger partial charge on any atom is 0.204 e. The molecular weight excluding hydrogens is 139 g/mol. The van der Waals surface area contributed by atoms with Gasteiger partial charge in [0.15, 0.2) is 6.79 Å². The van der Waals surface area contributed by atoms with Gasteiger partial charge in [0.05, 0.1) is 0 Å². The SMILES string of the molecule is CCP(=O)(CC)OCO. The molecule has 0 atom stereocenters. The third kappa shape index (κ3) is 2.99. The van der Waals surface area contributed by atoms with Crippen molar-refractivity contribution < 1.29 is 14.2 Å². The standard InChI is InChI=1S/C5H13O3P/c1-3-9(7,4-2)8-5-6/h6H,3-5H2,1-2H3. The van der Waals surface area contributed by atoms with Gasteiger partial charge in [0, 0.05) is 12.3 Å². The number of aliphatic hydroxyl groups excluding tert-OH is 1. The molecule has 9 heavy (non-hydrogen) atoms. The quantitative estimate of drug-likeness (QED) is 0.487. The predicted molar refractivity (Wildman–Crippen MR) is 36.9 cm³/mol. The summed E-state index contributed by atoms with van der Waals surface area (Å²) in [6.45, 7) is 3.15. The van der Waals surface area contributed by atoms with E-state index in [0.29, 0.717) is 12.3 Å². The zero-order valence-electron chi connectivity index (χ0n) is 5.83. The summed E-state index contributed by atoms with van der Waals surface area (Å²) >= 11 is 0. The molecule has 0 heterocycles. The normalized spacial score (nSPS) is 11.9. The van der Waals surface area contributed by atoms with Gasteiger partial charge in [-0.3, -0.25) is 4.57 Å². The predicted octanol–water partition coefficient (Wildman–Crippen LogP) is 1.27. The summed E-state index contributed by atoms with van der Waals surface area (Å²) in [5, 5.41) is 8.27. The van der Waals surface area contributed by atoms with E-state index >= 15 is 0 Å². The van der Waals surface area contributed by atoms with Crippen LogP contribution >= 0.6 is 7.37 Å². The highest BCUT2D eigenvalue weighted by Gasteiger charge is 2.15. The van der Waals surface area contributed by atoms with Crippen molar-refractivity contribution in [3.05, 3.63) is 0 Å². The van der Waals surface area contributed by atoms with Gasteiger partial charge in [0.1, 0.15) is 0 Å². The number of hydrogen-bond donors (Lipinski definition) is 1. The Hall–Kier alpha value is 0.150. The summed E-state index contributed by atoms with van der Waals surface area (Å²) in [5.74, 6) is 0. The number of rotatable bonds is 4. The molecule has 0 bridgehead atoms. The second kappa shape index (κ2) is 4.04. The summed E-state index contributed by atoms with van der Waals surface area (Å²) in [5.41, 5.74) is 0. The van der Waals surface area contributed by atoms with E-state index < -0.39 is 14.2 Å². The van der Waals surface area contributed by atoms with E-state index in [0.717, 1.165) is 0 Å². The minimum Gasteiger partial charge on any atom is -0.370 e. The van der Waals surface area contributed by atoms with Crippen LogP contribution < -0.4 is 0 Å². The van der Waals surface area contributed by atoms with Crippen LogP contribution in [0.3, 0.4) is 0 Å². The molecule has 0 aliphatic rings. The summed E-state index contributed by atoms with van der Waals surface area (Å²) in [4.78, 5) is 0. The van der Waals surface area contributed by atoms with Gasteiger partial charge in [-0.25, -0.2) is 0 Å². The lowest BCUT2D eigenvalue weighted by atomic mass is 11.0. The third-order valence-electron chi connectivity index (χ3n) is 1.26. The van der Waals surface area contributed by atoms with Gasteiger partial charge >= 0.3 is 0 Å². The first-order chi connectivity index (χ1) is 4.18. The molecule has 0 aromatic carbocycles. The first kappa shape index (κ1) is 9.15. The molecule has 3 nitrogen and oxygen atoms in total. The Kier molecular flexibility index (Phi) is 4.11. The molecule has 0 saturated carbocycles. The molecule has 0 aromatic rings. The third-order valence-corrected chi connectivity index (χ3v) is 3.77. The molecule has 0 unspecified atom stereocenters. The van der Waals surface area contributed by atoms with E-state index in [1.54, 1.807) is 13.8 Å². The summed E-state index contributed by atoms with van der Waals surface area (Å²) in [6.07, 6.45) is 1.01. The lowest BCUT2D eigenvalue weighted by Gasteiger charge is -2.11. The van der Waals surface area contributed by atoms with E-state index in [9.17, 15) is 4.57 Å². The molecule has 0 aliphatic carbocycles. The maximum atomic E-state index is 11.2. The fourth-order valence-electron chi connectivity index (χ4n) is 0.511. The van der Waals surface area contributed by atoms with E-state index in [1.165, 1.54) is 0 Å². The Bertz CT molecular complexity index is 105. The minimum absolute atomic E-state index is 0.432. The minimum atomic E-state index is -2.43. The van der Waals surface area contributed by atoms with Crippen molar-refractivity contribution in [2.45, 2.75) is 13.8 Å². The van der Waals surface area contributed by atoms with Crippen LogP contribution in [0.5, 0.6) is 0 Å². The van der Waals surface area contributed by atoms with Crippen molar-refractivity contribution in [3.8, 4) is 0 Å². The molecule has 0 aliphatic heterocycles. The molecule has 1 N–H and O–H groups in total. The van der Waals surface area contributed by atoms with Gasteiger partial charge in [-0.1, -0.05) is 13.8 Å². The highest BCUT2D eigenvalue weighted by atomic mass is 31.2. The van der Waals surface area contributed by atoms with Crippen LogP contribution in [0.4, 0.5) is 0 Å². The number of hydrogen-bond acceptors (Lipinski definition) is 3. The van der Waals surface area contributed by atoms with Gasteiger partial charge in [0.2, 0.25) is 7.37 Å². The van der Waals surface area contributed by atoms with Crippen molar-refractivity contribution in [3.63, 3.8) is 0 Å². The highest BCUT2D eigenvalue weighted by Crippen LogP contribution is 2.45. The molecule has 0 rings (SSSR count). The first-order valence-corrected chi connectivity index (χ1v) is 5.01. The van der Waals surface area contributed by atoms with Crippen molar-refractivity contribution in [1.29, 1.82) is 0 Å².